The number of para-hydroxylation sites is 1. The minimum Gasteiger partial charge on any atom is -0.324 e. The van der Waals surface area contributed by atoms with E-state index in [-0.39, 0.29) is 11.9 Å². The molecule has 0 saturated carbocycles. The van der Waals surface area contributed by atoms with E-state index in [0.29, 0.717) is 11.8 Å². The molecular formula is C24H35N2O+. The van der Waals surface area contributed by atoms with E-state index in [1.807, 2.05) is 25.1 Å². The highest BCUT2D eigenvalue weighted by atomic mass is 16.2. The molecule has 0 aromatic heterocycles. The van der Waals surface area contributed by atoms with Gasteiger partial charge in [-0.3, -0.25) is 4.79 Å². The zero-order valence-electron chi connectivity index (χ0n) is 17.7. The molecule has 0 fully saturated rings. The number of likely N-dealkylation sites (N-methyl/N-ethyl adjacent to an activating group) is 1. The molecule has 2 N–H and O–H groups in total. The molecule has 2 aromatic rings. The molecule has 0 radical (unpaired) electrons. The molecule has 3 atom stereocenters. The lowest BCUT2D eigenvalue weighted by Crippen LogP contribution is -3.12. The summed E-state index contributed by atoms with van der Waals surface area (Å²) in [5.41, 5.74) is 4.76. The maximum Gasteiger partial charge on any atom is 0.282 e. The number of anilines is 1. The molecule has 27 heavy (non-hydrogen) atoms. The summed E-state index contributed by atoms with van der Waals surface area (Å²) in [4.78, 5) is 14.0. The summed E-state index contributed by atoms with van der Waals surface area (Å²) in [6, 6.07) is 16.8. The van der Waals surface area contributed by atoms with Gasteiger partial charge in [0, 0.05) is 11.3 Å². The molecule has 2 rings (SSSR count). The van der Waals surface area contributed by atoms with Crippen LogP contribution in [0.5, 0.6) is 0 Å². The highest BCUT2D eigenvalue weighted by Crippen LogP contribution is 2.26. The average Bonchev–Trinajstić information content (AvgIpc) is 2.67. The van der Waals surface area contributed by atoms with Crippen molar-refractivity contribution in [3.05, 3.63) is 65.2 Å². The van der Waals surface area contributed by atoms with Crippen LogP contribution in [-0.4, -0.2) is 19.0 Å². The van der Waals surface area contributed by atoms with Gasteiger partial charge in [0.25, 0.3) is 5.91 Å². The predicted molar refractivity (Wildman–Crippen MR) is 114 cm³/mol. The lowest BCUT2D eigenvalue weighted by Gasteiger charge is -2.23. The molecule has 0 heterocycles. The van der Waals surface area contributed by atoms with Crippen LogP contribution in [0.4, 0.5) is 5.69 Å². The average molecular weight is 368 g/mol. The van der Waals surface area contributed by atoms with Gasteiger partial charge in [0.1, 0.15) is 6.54 Å². The number of amides is 1. The Morgan fingerprint density at radius 1 is 1.00 bits per heavy atom. The van der Waals surface area contributed by atoms with E-state index in [9.17, 15) is 4.79 Å². The molecule has 0 bridgehead atoms. The number of hydrogen-bond donors (Lipinski definition) is 2. The Kier molecular flexibility index (Phi) is 7.61. The van der Waals surface area contributed by atoms with Crippen molar-refractivity contribution in [2.24, 2.45) is 0 Å². The predicted octanol–water partition coefficient (Wildman–Crippen LogP) is 4.37. The molecule has 1 unspecified atom stereocenters. The van der Waals surface area contributed by atoms with Crippen molar-refractivity contribution in [3.8, 4) is 0 Å². The standard InChI is InChI=1S/C24H34N2O/c1-7-18(4)22-10-8-9-11-23(22)25-24(27)19(5)26(6)16-20-12-14-21(15-13-20)17(2)3/h8-15,17-19H,7,16H2,1-6H3,(H,25,27)/p+1/t18-,19+/m1/s1. The van der Waals surface area contributed by atoms with Crippen molar-refractivity contribution in [1.29, 1.82) is 0 Å². The number of rotatable bonds is 8. The van der Waals surface area contributed by atoms with Crippen LogP contribution in [0.2, 0.25) is 0 Å². The summed E-state index contributed by atoms with van der Waals surface area (Å²) in [7, 11) is 2.08. The number of nitrogens with one attached hydrogen (secondary N) is 2. The Balaban J connectivity index is 2.02. The van der Waals surface area contributed by atoms with Gasteiger partial charge in [0.2, 0.25) is 0 Å². The summed E-state index contributed by atoms with van der Waals surface area (Å²) < 4.78 is 0. The largest absolute Gasteiger partial charge is 0.324 e. The first-order valence-electron chi connectivity index (χ1n) is 10.1. The summed E-state index contributed by atoms with van der Waals surface area (Å²) in [6.45, 7) is 11.6. The fourth-order valence-electron chi connectivity index (χ4n) is 3.22. The van der Waals surface area contributed by atoms with Gasteiger partial charge in [0.05, 0.1) is 7.05 Å². The normalized spacial score (nSPS) is 14.6. The monoisotopic (exact) mass is 367 g/mol. The van der Waals surface area contributed by atoms with E-state index in [0.717, 1.165) is 18.7 Å². The van der Waals surface area contributed by atoms with Crippen LogP contribution in [0.3, 0.4) is 0 Å². The number of benzene rings is 2. The zero-order chi connectivity index (χ0) is 20.0. The highest BCUT2D eigenvalue weighted by molar-refractivity contribution is 5.94. The molecule has 0 spiro atoms. The lowest BCUT2D eigenvalue weighted by molar-refractivity contribution is -0.907. The number of carbonyl (C=O) groups excluding carboxylic acids is 1. The van der Waals surface area contributed by atoms with Gasteiger partial charge in [-0.1, -0.05) is 70.2 Å². The molecule has 0 aliphatic rings. The van der Waals surface area contributed by atoms with Crippen molar-refractivity contribution in [2.75, 3.05) is 12.4 Å². The lowest BCUT2D eigenvalue weighted by atomic mass is 9.97. The zero-order valence-corrected chi connectivity index (χ0v) is 17.7. The second kappa shape index (κ2) is 9.70. The van der Waals surface area contributed by atoms with Crippen molar-refractivity contribution in [2.45, 2.75) is 65.5 Å². The van der Waals surface area contributed by atoms with Gasteiger partial charge in [-0.2, -0.15) is 0 Å². The summed E-state index contributed by atoms with van der Waals surface area (Å²) >= 11 is 0. The van der Waals surface area contributed by atoms with Crippen molar-refractivity contribution in [3.63, 3.8) is 0 Å². The van der Waals surface area contributed by atoms with Crippen LogP contribution in [-0.2, 0) is 11.3 Å². The maximum atomic E-state index is 12.8. The molecule has 2 aromatic carbocycles. The third-order valence-electron chi connectivity index (χ3n) is 5.62. The molecule has 146 valence electrons. The quantitative estimate of drug-likeness (QED) is 0.714. The first kappa shape index (κ1) is 21.2. The van der Waals surface area contributed by atoms with Gasteiger partial charge in [-0.25, -0.2) is 0 Å². The molecule has 1 amide bonds. The number of carbonyl (C=O) groups is 1. The molecule has 0 aliphatic heterocycles. The molecule has 0 saturated heterocycles. The Bertz CT molecular complexity index is 736. The van der Waals surface area contributed by atoms with Crippen LogP contribution in [0.15, 0.2) is 48.5 Å². The minimum absolute atomic E-state index is 0.0713. The van der Waals surface area contributed by atoms with E-state index >= 15 is 0 Å². The Hall–Kier alpha value is -2.13. The van der Waals surface area contributed by atoms with Crippen molar-refractivity contribution < 1.29 is 9.69 Å². The highest BCUT2D eigenvalue weighted by Gasteiger charge is 2.23. The first-order valence-corrected chi connectivity index (χ1v) is 10.1. The van der Waals surface area contributed by atoms with Gasteiger partial charge >= 0.3 is 0 Å². The minimum atomic E-state index is -0.125. The number of quaternary nitrogens is 1. The van der Waals surface area contributed by atoms with Crippen LogP contribution in [0, 0.1) is 0 Å². The Labute approximate surface area is 164 Å². The van der Waals surface area contributed by atoms with Crippen LogP contribution >= 0.6 is 0 Å². The van der Waals surface area contributed by atoms with Gasteiger partial charge in [-0.05, 0) is 42.4 Å². The molecule has 3 nitrogen and oxygen atoms in total. The fourth-order valence-corrected chi connectivity index (χ4v) is 3.22. The smallest absolute Gasteiger partial charge is 0.282 e. The van der Waals surface area contributed by atoms with Gasteiger partial charge in [0.15, 0.2) is 6.04 Å². The maximum absolute atomic E-state index is 12.8. The SMILES string of the molecule is CC[C@@H](C)c1ccccc1NC(=O)[C@H](C)[NH+](C)Cc1ccc(C(C)C)cc1. The third-order valence-corrected chi connectivity index (χ3v) is 5.62. The molecule has 3 heteroatoms. The van der Waals surface area contributed by atoms with Gasteiger partial charge in [-0.15, -0.1) is 0 Å². The summed E-state index contributed by atoms with van der Waals surface area (Å²) in [5.74, 6) is 1.04. The van der Waals surface area contributed by atoms with Crippen LogP contribution < -0.4 is 10.2 Å². The fraction of sp³-hybridized carbons (Fsp3) is 0.458. The summed E-state index contributed by atoms with van der Waals surface area (Å²) in [6.07, 6.45) is 1.06. The van der Waals surface area contributed by atoms with E-state index in [4.69, 9.17) is 0 Å². The van der Waals surface area contributed by atoms with Crippen molar-refractivity contribution in [1.82, 2.24) is 0 Å². The second-order valence-electron chi connectivity index (χ2n) is 8.03. The van der Waals surface area contributed by atoms with E-state index < -0.39 is 0 Å². The second-order valence-corrected chi connectivity index (χ2v) is 8.03. The van der Waals surface area contributed by atoms with Crippen LogP contribution in [0.1, 0.15) is 69.6 Å². The third kappa shape index (κ3) is 5.67. The van der Waals surface area contributed by atoms with Crippen LogP contribution in [0.25, 0.3) is 0 Å². The topological polar surface area (TPSA) is 33.5 Å². The molecular weight excluding hydrogens is 332 g/mol. The Morgan fingerprint density at radius 2 is 1.63 bits per heavy atom. The number of hydrogen-bond acceptors (Lipinski definition) is 1. The van der Waals surface area contributed by atoms with E-state index in [1.54, 1.807) is 0 Å². The summed E-state index contributed by atoms with van der Waals surface area (Å²) in [5, 5.41) is 3.16. The van der Waals surface area contributed by atoms with Crippen molar-refractivity contribution >= 4 is 11.6 Å². The van der Waals surface area contributed by atoms with Gasteiger partial charge < -0.3 is 10.2 Å². The van der Waals surface area contributed by atoms with E-state index in [2.05, 4.69) is 70.4 Å². The van der Waals surface area contributed by atoms with E-state index in [1.165, 1.54) is 21.6 Å². The Morgan fingerprint density at radius 3 is 2.22 bits per heavy atom. The first-order chi connectivity index (χ1) is 12.8. The molecule has 0 aliphatic carbocycles.